The molecule has 10 heteroatoms. The van der Waals surface area contributed by atoms with E-state index >= 15 is 0 Å². The van der Waals surface area contributed by atoms with E-state index in [9.17, 15) is 18.0 Å². The summed E-state index contributed by atoms with van der Waals surface area (Å²) in [6.45, 7) is 2.15. The third-order valence-electron chi connectivity index (χ3n) is 4.92. The first-order valence-electron chi connectivity index (χ1n) is 10.5. The molecule has 1 saturated heterocycles. The average molecular weight is 530 g/mol. The zero-order valence-corrected chi connectivity index (χ0v) is 20.9. The average Bonchev–Trinajstić information content (AvgIpc) is 3.10. The van der Waals surface area contributed by atoms with Crippen LogP contribution in [0.4, 0.5) is 4.79 Å². The minimum atomic E-state index is -4.06. The first-order chi connectivity index (χ1) is 16.8. The van der Waals surface area contributed by atoms with Crippen LogP contribution in [0.1, 0.15) is 18.1 Å². The number of halogens is 1. The second-order valence-electron chi connectivity index (χ2n) is 7.38. The summed E-state index contributed by atoms with van der Waals surface area (Å²) in [7, 11) is -4.06. The van der Waals surface area contributed by atoms with Crippen LogP contribution >= 0.6 is 23.4 Å². The van der Waals surface area contributed by atoms with Gasteiger partial charge < -0.3 is 8.92 Å². The Hall–Kier alpha value is -3.27. The van der Waals surface area contributed by atoms with Crippen LogP contribution in [0.2, 0.25) is 5.02 Å². The summed E-state index contributed by atoms with van der Waals surface area (Å²) in [5, 5.41) is 0.187. The molecule has 2 amide bonds. The van der Waals surface area contributed by atoms with Crippen molar-refractivity contribution in [1.82, 2.24) is 4.90 Å². The van der Waals surface area contributed by atoms with Crippen molar-refractivity contribution in [1.29, 1.82) is 0 Å². The number of rotatable bonds is 8. The number of thioether (sulfide) groups is 1. The van der Waals surface area contributed by atoms with E-state index in [1.807, 2.05) is 0 Å². The first-order valence-corrected chi connectivity index (χ1v) is 13.1. The molecular weight excluding hydrogens is 510 g/mol. The molecule has 1 aliphatic rings. The van der Waals surface area contributed by atoms with E-state index in [0.717, 1.165) is 22.2 Å². The topological polar surface area (TPSA) is 90.0 Å². The number of nitrogens with zero attached hydrogens (tertiary/aromatic N) is 1. The van der Waals surface area contributed by atoms with Crippen molar-refractivity contribution < 1.29 is 26.9 Å². The Labute approximate surface area is 212 Å². The van der Waals surface area contributed by atoms with E-state index in [-0.39, 0.29) is 39.7 Å². The second kappa shape index (κ2) is 10.6. The van der Waals surface area contributed by atoms with Crippen LogP contribution in [0.5, 0.6) is 11.5 Å². The van der Waals surface area contributed by atoms with Crippen molar-refractivity contribution in [2.45, 2.75) is 18.4 Å². The van der Waals surface area contributed by atoms with Gasteiger partial charge in [-0.2, -0.15) is 8.42 Å². The summed E-state index contributed by atoms with van der Waals surface area (Å²) < 4.78 is 36.1. The molecule has 3 aromatic rings. The Morgan fingerprint density at radius 1 is 0.971 bits per heavy atom. The van der Waals surface area contributed by atoms with Crippen LogP contribution in [0.25, 0.3) is 6.08 Å². The summed E-state index contributed by atoms with van der Waals surface area (Å²) in [6.07, 6.45) is 1.56. The van der Waals surface area contributed by atoms with Crippen LogP contribution in [0, 0.1) is 0 Å². The lowest BCUT2D eigenvalue weighted by Crippen LogP contribution is -2.27. The first kappa shape index (κ1) is 24.8. The van der Waals surface area contributed by atoms with Gasteiger partial charge in [0.25, 0.3) is 11.1 Å². The van der Waals surface area contributed by atoms with Gasteiger partial charge in [-0.3, -0.25) is 14.5 Å². The van der Waals surface area contributed by atoms with Crippen molar-refractivity contribution in [2.75, 3.05) is 6.61 Å². The molecule has 0 unspecified atom stereocenters. The van der Waals surface area contributed by atoms with E-state index in [1.165, 1.54) is 18.2 Å². The predicted molar refractivity (Wildman–Crippen MR) is 135 cm³/mol. The van der Waals surface area contributed by atoms with E-state index < -0.39 is 16.0 Å². The Balaban J connectivity index is 1.56. The summed E-state index contributed by atoms with van der Waals surface area (Å²) in [5.74, 6) is -0.204. The minimum Gasteiger partial charge on any atom is -0.490 e. The summed E-state index contributed by atoms with van der Waals surface area (Å²) in [6, 6.07) is 19.3. The summed E-state index contributed by atoms with van der Waals surface area (Å²) in [5.41, 5.74) is 1.33. The van der Waals surface area contributed by atoms with Gasteiger partial charge in [0.05, 0.1) is 18.1 Å². The maximum atomic E-state index is 12.9. The number of carbonyl (C=O) groups is 2. The summed E-state index contributed by atoms with van der Waals surface area (Å²) in [4.78, 5) is 26.8. The highest BCUT2D eigenvalue weighted by Gasteiger charge is 2.35. The molecule has 0 aromatic heterocycles. The van der Waals surface area contributed by atoms with Gasteiger partial charge in [0.2, 0.25) is 0 Å². The number of imide groups is 1. The van der Waals surface area contributed by atoms with Crippen molar-refractivity contribution >= 4 is 50.7 Å². The summed E-state index contributed by atoms with van der Waals surface area (Å²) >= 11 is 6.73. The van der Waals surface area contributed by atoms with Gasteiger partial charge in [-0.05, 0) is 72.3 Å². The Kier molecular flexibility index (Phi) is 7.49. The number of benzene rings is 3. The fraction of sp³-hybridized carbons (Fsp3) is 0.120. The quantitative estimate of drug-likeness (QED) is 0.271. The van der Waals surface area contributed by atoms with Crippen LogP contribution in [-0.2, 0) is 21.5 Å². The maximum Gasteiger partial charge on any atom is 0.339 e. The van der Waals surface area contributed by atoms with Gasteiger partial charge >= 0.3 is 10.1 Å². The Morgan fingerprint density at radius 2 is 1.69 bits per heavy atom. The Morgan fingerprint density at radius 3 is 2.37 bits per heavy atom. The largest absolute Gasteiger partial charge is 0.490 e. The molecule has 35 heavy (non-hydrogen) atoms. The molecule has 0 spiro atoms. The highest BCUT2D eigenvalue weighted by atomic mass is 35.5. The number of hydrogen-bond acceptors (Lipinski definition) is 7. The minimum absolute atomic E-state index is 0.0147. The van der Waals surface area contributed by atoms with Crippen molar-refractivity contribution in [2.24, 2.45) is 0 Å². The van der Waals surface area contributed by atoms with Crippen LogP contribution in [-0.4, -0.2) is 31.1 Å². The molecule has 180 valence electrons. The van der Waals surface area contributed by atoms with Gasteiger partial charge in [-0.25, -0.2) is 0 Å². The number of hydrogen-bond donors (Lipinski definition) is 0. The molecule has 0 atom stereocenters. The zero-order chi connectivity index (χ0) is 25.0. The molecule has 0 bridgehead atoms. The van der Waals surface area contributed by atoms with Crippen molar-refractivity contribution in [3.05, 3.63) is 93.9 Å². The maximum absolute atomic E-state index is 12.9. The van der Waals surface area contributed by atoms with E-state index in [2.05, 4.69) is 0 Å². The normalized spacial score (nSPS) is 15.0. The van der Waals surface area contributed by atoms with Crippen LogP contribution < -0.4 is 8.92 Å². The molecule has 1 heterocycles. The lowest BCUT2D eigenvalue weighted by Gasteiger charge is -2.13. The molecule has 7 nitrogen and oxygen atoms in total. The highest BCUT2D eigenvalue weighted by molar-refractivity contribution is 8.18. The molecule has 0 radical (unpaired) electrons. The van der Waals surface area contributed by atoms with E-state index in [0.29, 0.717) is 10.6 Å². The molecule has 3 aromatic carbocycles. The number of ether oxygens (including phenoxy) is 1. The molecular formula is C25H20ClNO6S2. The molecule has 0 aliphatic carbocycles. The van der Waals surface area contributed by atoms with Gasteiger partial charge in [0, 0.05) is 5.02 Å². The van der Waals surface area contributed by atoms with Gasteiger partial charge in [-0.1, -0.05) is 48.0 Å². The third kappa shape index (κ3) is 5.87. The van der Waals surface area contributed by atoms with E-state index in [4.69, 9.17) is 20.5 Å². The van der Waals surface area contributed by atoms with Gasteiger partial charge in [0.1, 0.15) is 4.90 Å². The fourth-order valence-corrected chi connectivity index (χ4v) is 5.19. The smallest absolute Gasteiger partial charge is 0.339 e. The standard InChI is InChI=1S/C25H20ClNO6S2/c1-2-32-22-14-18(10-13-21(22)33-35(30,31)20-6-4-3-5-7-20)15-23-24(28)27(25(29)34-23)16-17-8-11-19(26)12-9-17/h3-15H,2,16H2,1H3/b23-15-. The number of amides is 2. The molecule has 1 aliphatic heterocycles. The van der Waals surface area contributed by atoms with Gasteiger partial charge in [0.15, 0.2) is 11.5 Å². The van der Waals surface area contributed by atoms with E-state index in [1.54, 1.807) is 67.6 Å². The Bertz CT molecular complexity index is 1390. The van der Waals surface area contributed by atoms with Crippen molar-refractivity contribution in [3.8, 4) is 11.5 Å². The lowest BCUT2D eigenvalue weighted by molar-refractivity contribution is -0.123. The SMILES string of the molecule is CCOc1cc(/C=C2\SC(=O)N(Cc3ccc(Cl)cc3)C2=O)ccc1OS(=O)(=O)c1ccccc1. The number of carbonyl (C=O) groups excluding carboxylic acids is 2. The third-order valence-corrected chi connectivity index (χ3v) is 7.33. The molecule has 0 N–H and O–H groups in total. The monoisotopic (exact) mass is 529 g/mol. The molecule has 1 fully saturated rings. The van der Waals surface area contributed by atoms with Crippen LogP contribution in [0.15, 0.2) is 82.6 Å². The fourth-order valence-electron chi connectivity index (χ4n) is 3.27. The molecule has 4 rings (SSSR count). The van der Waals surface area contributed by atoms with Crippen LogP contribution in [0.3, 0.4) is 0 Å². The van der Waals surface area contributed by atoms with Crippen molar-refractivity contribution in [3.63, 3.8) is 0 Å². The highest BCUT2D eigenvalue weighted by Crippen LogP contribution is 2.36. The zero-order valence-electron chi connectivity index (χ0n) is 18.5. The predicted octanol–water partition coefficient (Wildman–Crippen LogP) is 5.74. The second-order valence-corrected chi connectivity index (χ2v) is 10.4. The van der Waals surface area contributed by atoms with Gasteiger partial charge in [-0.15, -0.1) is 0 Å². The molecule has 0 saturated carbocycles. The lowest BCUT2D eigenvalue weighted by atomic mass is 10.1.